The van der Waals surface area contributed by atoms with Crippen LogP contribution in [-0.4, -0.2) is 32.8 Å². The van der Waals surface area contributed by atoms with Crippen LogP contribution in [0.5, 0.6) is 5.75 Å². The van der Waals surface area contributed by atoms with Crippen LogP contribution in [0.2, 0.25) is 0 Å². The van der Waals surface area contributed by atoms with Gasteiger partial charge in [0.1, 0.15) is 11.8 Å². The van der Waals surface area contributed by atoms with Crippen LogP contribution in [0, 0.1) is 6.92 Å². The molecule has 1 aromatic rings. The molecular formula is C12H18N2O3. The number of rotatable bonds is 5. The molecule has 0 heterocycles. The van der Waals surface area contributed by atoms with E-state index in [0.29, 0.717) is 11.4 Å². The van der Waals surface area contributed by atoms with Crippen molar-refractivity contribution >= 4 is 11.6 Å². The summed E-state index contributed by atoms with van der Waals surface area (Å²) in [5.74, 6) is 0.317. The van der Waals surface area contributed by atoms with E-state index in [2.05, 4.69) is 5.32 Å². The van der Waals surface area contributed by atoms with Crippen LogP contribution >= 0.6 is 0 Å². The Bertz CT molecular complexity index is 393. The molecular weight excluding hydrogens is 220 g/mol. The van der Waals surface area contributed by atoms with Crippen molar-refractivity contribution in [3.63, 3.8) is 0 Å². The summed E-state index contributed by atoms with van der Waals surface area (Å²) < 4.78 is 10.0. The molecule has 0 aromatic heterocycles. The lowest BCUT2D eigenvalue weighted by molar-refractivity contribution is -0.118. The van der Waals surface area contributed by atoms with Crippen molar-refractivity contribution in [3.05, 3.63) is 23.8 Å². The minimum atomic E-state index is -0.689. The predicted octanol–water partition coefficient (Wildman–Crippen LogP) is 0.916. The first kappa shape index (κ1) is 13.5. The van der Waals surface area contributed by atoms with E-state index in [1.54, 1.807) is 13.2 Å². The van der Waals surface area contributed by atoms with Gasteiger partial charge in [-0.15, -0.1) is 0 Å². The number of hydrogen-bond acceptors (Lipinski definition) is 4. The second-order valence-electron chi connectivity index (χ2n) is 3.75. The maximum absolute atomic E-state index is 11.7. The molecule has 94 valence electrons. The Kier molecular flexibility index (Phi) is 4.93. The molecule has 0 aliphatic rings. The van der Waals surface area contributed by atoms with Crippen LogP contribution < -0.4 is 15.8 Å². The highest BCUT2D eigenvalue weighted by molar-refractivity contribution is 5.96. The molecule has 1 unspecified atom stereocenters. The number of nitrogens with two attached hydrogens (primary N) is 1. The van der Waals surface area contributed by atoms with Crippen LogP contribution in [0.15, 0.2) is 18.2 Å². The van der Waals surface area contributed by atoms with Gasteiger partial charge < -0.3 is 20.5 Å². The molecule has 5 nitrogen and oxygen atoms in total. The van der Waals surface area contributed by atoms with Crippen LogP contribution in [0.3, 0.4) is 0 Å². The van der Waals surface area contributed by atoms with Crippen LogP contribution in [0.1, 0.15) is 5.56 Å². The van der Waals surface area contributed by atoms with E-state index in [0.717, 1.165) is 5.56 Å². The summed E-state index contributed by atoms with van der Waals surface area (Å²) in [5, 5.41) is 2.70. The molecule has 5 heteroatoms. The summed E-state index contributed by atoms with van der Waals surface area (Å²) in [4.78, 5) is 11.7. The van der Waals surface area contributed by atoms with Gasteiger partial charge in [0.05, 0.1) is 19.4 Å². The molecule has 0 bridgehead atoms. The maximum atomic E-state index is 11.7. The molecule has 0 saturated carbocycles. The second-order valence-corrected chi connectivity index (χ2v) is 3.75. The number of carbonyl (C=O) groups excluding carboxylic acids is 1. The number of methoxy groups -OCH3 is 2. The summed E-state index contributed by atoms with van der Waals surface area (Å²) in [5.41, 5.74) is 7.28. The Labute approximate surface area is 101 Å². The molecule has 3 N–H and O–H groups in total. The Hall–Kier alpha value is -1.59. The number of hydrogen-bond donors (Lipinski definition) is 2. The zero-order valence-electron chi connectivity index (χ0n) is 10.3. The first-order valence-corrected chi connectivity index (χ1v) is 5.28. The number of amides is 1. The first-order chi connectivity index (χ1) is 8.08. The third-order valence-electron chi connectivity index (χ3n) is 2.30. The van der Waals surface area contributed by atoms with Gasteiger partial charge >= 0.3 is 0 Å². The summed E-state index contributed by atoms with van der Waals surface area (Å²) in [6.45, 7) is 2.13. The van der Waals surface area contributed by atoms with Crippen molar-refractivity contribution in [2.24, 2.45) is 5.73 Å². The molecule has 1 aromatic carbocycles. The molecule has 0 saturated heterocycles. The number of aryl methyl sites for hydroxylation is 1. The molecule has 1 amide bonds. The van der Waals surface area contributed by atoms with Gasteiger partial charge in [-0.05, 0) is 24.6 Å². The van der Waals surface area contributed by atoms with Crippen molar-refractivity contribution in [2.75, 3.05) is 26.1 Å². The van der Waals surface area contributed by atoms with Gasteiger partial charge in [0, 0.05) is 7.11 Å². The van der Waals surface area contributed by atoms with E-state index >= 15 is 0 Å². The Balaban J connectivity index is 2.77. The fraction of sp³-hybridized carbons (Fsp3) is 0.417. The van der Waals surface area contributed by atoms with Gasteiger partial charge in [-0.25, -0.2) is 0 Å². The fourth-order valence-electron chi connectivity index (χ4n) is 1.38. The second kappa shape index (κ2) is 6.22. The smallest absolute Gasteiger partial charge is 0.243 e. The number of nitrogens with one attached hydrogen (secondary N) is 1. The van der Waals surface area contributed by atoms with Crippen molar-refractivity contribution in [3.8, 4) is 5.75 Å². The van der Waals surface area contributed by atoms with Gasteiger partial charge in [0.15, 0.2) is 0 Å². The molecule has 0 aliphatic heterocycles. The Morgan fingerprint density at radius 3 is 2.76 bits per heavy atom. The quantitative estimate of drug-likeness (QED) is 0.800. The average Bonchev–Trinajstić information content (AvgIpc) is 2.31. The van der Waals surface area contributed by atoms with Gasteiger partial charge in [0.25, 0.3) is 0 Å². The lowest BCUT2D eigenvalue weighted by atomic mass is 10.2. The predicted molar refractivity (Wildman–Crippen MR) is 66.2 cm³/mol. The topological polar surface area (TPSA) is 73.6 Å². The highest BCUT2D eigenvalue weighted by Gasteiger charge is 2.15. The zero-order chi connectivity index (χ0) is 12.8. The lowest BCUT2D eigenvalue weighted by Gasteiger charge is -2.14. The number of benzene rings is 1. The van der Waals surface area contributed by atoms with E-state index < -0.39 is 6.04 Å². The minimum absolute atomic E-state index is 0.181. The molecule has 17 heavy (non-hydrogen) atoms. The minimum Gasteiger partial charge on any atom is -0.495 e. The van der Waals surface area contributed by atoms with Gasteiger partial charge in [-0.3, -0.25) is 4.79 Å². The highest BCUT2D eigenvalue weighted by Crippen LogP contribution is 2.25. The Morgan fingerprint density at radius 2 is 2.18 bits per heavy atom. The maximum Gasteiger partial charge on any atom is 0.243 e. The summed E-state index contributed by atoms with van der Waals surface area (Å²) >= 11 is 0. The molecule has 1 atom stereocenters. The van der Waals surface area contributed by atoms with Crippen molar-refractivity contribution in [1.82, 2.24) is 0 Å². The number of anilines is 1. The number of carbonyl (C=O) groups is 1. The molecule has 0 aliphatic carbocycles. The highest BCUT2D eigenvalue weighted by atomic mass is 16.5. The summed E-state index contributed by atoms with van der Waals surface area (Å²) in [6, 6.07) is 4.83. The normalized spacial score (nSPS) is 12.0. The summed E-state index contributed by atoms with van der Waals surface area (Å²) in [7, 11) is 3.05. The van der Waals surface area contributed by atoms with Gasteiger partial charge in [-0.2, -0.15) is 0 Å². The van der Waals surface area contributed by atoms with E-state index in [4.69, 9.17) is 15.2 Å². The van der Waals surface area contributed by atoms with E-state index in [1.165, 1.54) is 7.11 Å². The largest absolute Gasteiger partial charge is 0.495 e. The van der Waals surface area contributed by atoms with Crippen LogP contribution in [0.4, 0.5) is 5.69 Å². The zero-order valence-corrected chi connectivity index (χ0v) is 10.3. The molecule has 0 fully saturated rings. The standard InChI is InChI=1S/C12H18N2O3/c1-8-4-5-10(11(6-8)17-3)14-12(15)9(13)7-16-2/h4-6,9H,7,13H2,1-3H3,(H,14,15). The van der Waals surface area contributed by atoms with Crippen molar-refractivity contribution in [2.45, 2.75) is 13.0 Å². The van der Waals surface area contributed by atoms with Crippen molar-refractivity contribution in [1.29, 1.82) is 0 Å². The van der Waals surface area contributed by atoms with E-state index in [9.17, 15) is 4.79 Å². The lowest BCUT2D eigenvalue weighted by Crippen LogP contribution is -2.39. The third-order valence-corrected chi connectivity index (χ3v) is 2.30. The van der Waals surface area contributed by atoms with E-state index in [-0.39, 0.29) is 12.5 Å². The first-order valence-electron chi connectivity index (χ1n) is 5.28. The number of ether oxygens (including phenoxy) is 2. The van der Waals surface area contributed by atoms with Crippen molar-refractivity contribution < 1.29 is 14.3 Å². The third kappa shape index (κ3) is 3.72. The van der Waals surface area contributed by atoms with E-state index in [1.807, 2.05) is 19.1 Å². The van der Waals surface area contributed by atoms with Gasteiger partial charge in [-0.1, -0.05) is 6.07 Å². The molecule has 1 rings (SSSR count). The monoisotopic (exact) mass is 238 g/mol. The fourth-order valence-corrected chi connectivity index (χ4v) is 1.38. The average molecular weight is 238 g/mol. The van der Waals surface area contributed by atoms with Gasteiger partial charge in [0.2, 0.25) is 5.91 Å². The molecule has 0 spiro atoms. The Morgan fingerprint density at radius 1 is 1.47 bits per heavy atom. The van der Waals surface area contributed by atoms with Crippen LogP contribution in [0.25, 0.3) is 0 Å². The molecule has 0 radical (unpaired) electrons. The SMILES string of the molecule is COCC(N)C(=O)Nc1ccc(C)cc1OC. The summed E-state index contributed by atoms with van der Waals surface area (Å²) in [6.07, 6.45) is 0. The van der Waals surface area contributed by atoms with Crippen LogP contribution in [-0.2, 0) is 9.53 Å².